The molecule has 2 atom stereocenters. The number of aliphatic hydroxyl groups excluding tert-OH is 1. The molecule has 1 fully saturated rings. The van der Waals surface area contributed by atoms with Crippen molar-refractivity contribution in [3.05, 3.63) is 23.5 Å². The van der Waals surface area contributed by atoms with Crippen LogP contribution in [-0.4, -0.2) is 37.0 Å². The number of hydrogen-bond donors (Lipinski definition) is 2. The van der Waals surface area contributed by atoms with E-state index in [-0.39, 0.29) is 11.3 Å². The highest BCUT2D eigenvalue weighted by Gasteiger charge is 2.35. The van der Waals surface area contributed by atoms with Gasteiger partial charge in [0.05, 0.1) is 12.1 Å². The number of aliphatic hydroxyl groups is 1. The van der Waals surface area contributed by atoms with Crippen molar-refractivity contribution >= 4 is 15.7 Å². The van der Waals surface area contributed by atoms with Crippen molar-refractivity contribution in [3.8, 4) is 0 Å². The van der Waals surface area contributed by atoms with Gasteiger partial charge in [-0.2, -0.15) is 4.31 Å². The summed E-state index contributed by atoms with van der Waals surface area (Å²) in [5, 5.41) is 10.0. The second-order valence-corrected chi connectivity index (χ2v) is 7.56. The van der Waals surface area contributed by atoms with Crippen molar-refractivity contribution in [3.63, 3.8) is 0 Å². The topological polar surface area (TPSA) is 83.6 Å². The van der Waals surface area contributed by atoms with Crippen LogP contribution in [0, 0.1) is 12.7 Å². The van der Waals surface area contributed by atoms with Gasteiger partial charge in [-0.05, 0) is 37.5 Å². The first-order valence-electron chi connectivity index (χ1n) is 6.97. The van der Waals surface area contributed by atoms with Gasteiger partial charge >= 0.3 is 0 Å². The number of nitrogens with two attached hydrogens (primary N) is 1. The predicted molar refractivity (Wildman–Crippen MR) is 78.8 cm³/mol. The summed E-state index contributed by atoms with van der Waals surface area (Å²) in [5.74, 6) is -0.790. The number of aryl methyl sites for hydroxylation is 1. The summed E-state index contributed by atoms with van der Waals surface area (Å²) in [4.78, 5) is -0.430. The Morgan fingerprint density at radius 3 is 2.57 bits per heavy atom. The number of likely N-dealkylation sites (N-methyl/N-ethyl adjacent to an activating group) is 1. The van der Waals surface area contributed by atoms with Crippen molar-refractivity contribution < 1.29 is 17.9 Å². The van der Waals surface area contributed by atoms with E-state index in [1.165, 1.54) is 20.0 Å². The van der Waals surface area contributed by atoms with E-state index in [1.54, 1.807) is 0 Å². The van der Waals surface area contributed by atoms with Crippen molar-refractivity contribution in [1.82, 2.24) is 4.31 Å². The smallest absolute Gasteiger partial charge is 0.246 e. The van der Waals surface area contributed by atoms with Crippen molar-refractivity contribution in [2.75, 3.05) is 12.8 Å². The molecule has 0 aliphatic heterocycles. The maximum Gasteiger partial charge on any atom is 0.246 e. The van der Waals surface area contributed by atoms with Gasteiger partial charge in [0.2, 0.25) is 10.0 Å². The van der Waals surface area contributed by atoms with Crippen LogP contribution >= 0.6 is 0 Å². The molecule has 0 radical (unpaired) electrons. The van der Waals surface area contributed by atoms with Crippen LogP contribution in [0.3, 0.4) is 0 Å². The lowest BCUT2D eigenvalue weighted by Gasteiger charge is -2.34. The van der Waals surface area contributed by atoms with Gasteiger partial charge in [0.15, 0.2) is 0 Å². The monoisotopic (exact) mass is 316 g/mol. The second-order valence-electron chi connectivity index (χ2n) is 5.59. The molecule has 0 saturated heterocycles. The molecule has 1 aliphatic carbocycles. The molecule has 2 unspecified atom stereocenters. The summed E-state index contributed by atoms with van der Waals surface area (Å²) >= 11 is 0. The minimum absolute atomic E-state index is 0.186. The lowest BCUT2D eigenvalue weighted by molar-refractivity contribution is 0.0637. The van der Waals surface area contributed by atoms with E-state index in [9.17, 15) is 17.9 Å². The van der Waals surface area contributed by atoms with E-state index in [1.807, 2.05) is 0 Å². The number of benzene rings is 1. The number of anilines is 1. The molecule has 21 heavy (non-hydrogen) atoms. The molecule has 0 bridgehead atoms. The third-order valence-corrected chi connectivity index (χ3v) is 5.94. The van der Waals surface area contributed by atoms with E-state index >= 15 is 0 Å². The normalized spacial score (nSPS) is 23.5. The van der Waals surface area contributed by atoms with Gasteiger partial charge in [0.25, 0.3) is 0 Å². The minimum Gasteiger partial charge on any atom is -0.399 e. The summed E-state index contributed by atoms with van der Waals surface area (Å²) in [5.41, 5.74) is 6.02. The van der Waals surface area contributed by atoms with Crippen LogP contribution in [0.4, 0.5) is 10.1 Å². The lowest BCUT2D eigenvalue weighted by atomic mass is 9.93. The Morgan fingerprint density at radius 1 is 1.33 bits per heavy atom. The van der Waals surface area contributed by atoms with E-state index in [2.05, 4.69) is 0 Å². The Kier molecular flexibility index (Phi) is 4.55. The highest BCUT2D eigenvalue weighted by atomic mass is 32.2. The molecule has 5 nitrogen and oxygen atoms in total. The van der Waals surface area contributed by atoms with E-state index in [0.717, 1.165) is 23.2 Å². The quantitative estimate of drug-likeness (QED) is 0.830. The fourth-order valence-electron chi connectivity index (χ4n) is 2.80. The van der Waals surface area contributed by atoms with Gasteiger partial charge in [-0.3, -0.25) is 0 Å². The zero-order valence-corrected chi connectivity index (χ0v) is 13.0. The zero-order chi connectivity index (χ0) is 15.8. The highest BCUT2D eigenvalue weighted by Crippen LogP contribution is 2.29. The van der Waals surface area contributed by atoms with Gasteiger partial charge in [0, 0.05) is 12.7 Å². The van der Waals surface area contributed by atoms with E-state index < -0.39 is 32.9 Å². The first kappa shape index (κ1) is 16.2. The summed E-state index contributed by atoms with van der Waals surface area (Å²) in [6.07, 6.45) is 2.13. The second kappa shape index (κ2) is 5.90. The molecule has 0 amide bonds. The summed E-state index contributed by atoms with van der Waals surface area (Å²) < 4.78 is 40.5. The van der Waals surface area contributed by atoms with Gasteiger partial charge in [-0.25, -0.2) is 12.8 Å². The molecule has 1 aliphatic rings. The zero-order valence-electron chi connectivity index (χ0n) is 12.2. The molecule has 7 heteroatoms. The maximum atomic E-state index is 14.2. The molecule has 0 heterocycles. The van der Waals surface area contributed by atoms with Gasteiger partial charge in [-0.1, -0.05) is 12.8 Å². The van der Waals surface area contributed by atoms with Crippen LogP contribution in [0.15, 0.2) is 17.0 Å². The molecular weight excluding hydrogens is 295 g/mol. The van der Waals surface area contributed by atoms with Crippen molar-refractivity contribution in [2.45, 2.75) is 49.6 Å². The molecule has 0 spiro atoms. The fourth-order valence-corrected chi connectivity index (χ4v) is 4.39. The molecule has 0 aromatic heterocycles. The molecule has 3 N–H and O–H groups in total. The Balaban J connectivity index is 2.42. The Hall–Kier alpha value is -1.18. The van der Waals surface area contributed by atoms with Crippen LogP contribution in [0.25, 0.3) is 0 Å². The third-order valence-electron chi connectivity index (χ3n) is 4.06. The summed E-state index contributed by atoms with van der Waals surface area (Å²) in [6, 6.07) is 2.00. The van der Waals surface area contributed by atoms with Crippen LogP contribution in [0.1, 0.15) is 31.2 Å². The molecule has 118 valence electrons. The third kappa shape index (κ3) is 3.04. The standard InChI is InChI=1S/C14H21FN2O3S/c1-9-7-10(16)8-13(14(9)15)21(19,20)17(2)11-5-3-4-6-12(11)18/h7-8,11-12,18H,3-6,16H2,1-2H3. The van der Waals surface area contributed by atoms with Crippen molar-refractivity contribution in [1.29, 1.82) is 0 Å². The van der Waals surface area contributed by atoms with Gasteiger partial charge in [-0.15, -0.1) is 0 Å². The Bertz CT molecular complexity index is 633. The van der Waals surface area contributed by atoms with Crippen LogP contribution < -0.4 is 5.73 Å². The predicted octanol–water partition coefficient (Wildman–Crippen LogP) is 1.64. The summed E-state index contributed by atoms with van der Waals surface area (Å²) in [7, 11) is -2.65. The number of rotatable bonds is 3. The molecule has 1 aromatic carbocycles. The van der Waals surface area contributed by atoms with Crippen LogP contribution in [-0.2, 0) is 10.0 Å². The Labute approximate surface area is 124 Å². The first-order chi connectivity index (χ1) is 9.75. The maximum absolute atomic E-state index is 14.2. The van der Waals surface area contributed by atoms with Crippen LogP contribution in [0.5, 0.6) is 0 Å². The average Bonchev–Trinajstić information content (AvgIpc) is 2.42. The van der Waals surface area contributed by atoms with Crippen molar-refractivity contribution in [2.24, 2.45) is 0 Å². The number of nitrogen functional groups attached to an aromatic ring is 1. The van der Waals surface area contributed by atoms with Gasteiger partial charge < -0.3 is 10.8 Å². The average molecular weight is 316 g/mol. The van der Waals surface area contributed by atoms with Gasteiger partial charge in [0.1, 0.15) is 10.7 Å². The molecule has 2 rings (SSSR count). The largest absolute Gasteiger partial charge is 0.399 e. The number of halogens is 1. The minimum atomic E-state index is -4.03. The Morgan fingerprint density at radius 2 is 1.95 bits per heavy atom. The molecular formula is C14H21FN2O3S. The molecule has 1 aromatic rings. The number of nitrogens with zero attached hydrogens (tertiary/aromatic N) is 1. The van der Waals surface area contributed by atoms with E-state index in [4.69, 9.17) is 5.73 Å². The van der Waals surface area contributed by atoms with Crippen LogP contribution in [0.2, 0.25) is 0 Å². The lowest BCUT2D eigenvalue weighted by Crippen LogP contribution is -2.46. The van der Waals surface area contributed by atoms with E-state index in [0.29, 0.717) is 12.8 Å². The fraction of sp³-hybridized carbons (Fsp3) is 0.571. The first-order valence-corrected chi connectivity index (χ1v) is 8.41. The SMILES string of the molecule is Cc1cc(N)cc(S(=O)(=O)N(C)C2CCCCC2O)c1F. The number of hydrogen-bond acceptors (Lipinski definition) is 4. The highest BCUT2D eigenvalue weighted by molar-refractivity contribution is 7.89. The summed E-state index contributed by atoms with van der Waals surface area (Å²) in [6.45, 7) is 1.47. The molecule has 1 saturated carbocycles. The number of sulfonamides is 1.